The summed E-state index contributed by atoms with van der Waals surface area (Å²) in [5.74, 6) is 0.0510. The van der Waals surface area contributed by atoms with Crippen molar-refractivity contribution in [1.29, 1.82) is 0 Å². The third-order valence-electron chi connectivity index (χ3n) is 5.50. The number of fused-ring (bicyclic) bond motifs is 1. The first kappa shape index (κ1) is 21.6. The van der Waals surface area contributed by atoms with Crippen molar-refractivity contribution >= 4 is 43.5 Å². The summed E-state index contributed by atoms with van der Waals surface area (Å²) in [4.78, 5) is 13.2. The number of pyridine rings is 1. The van der Waals surface area contributed by atoms with E-state index in [-0.39, 0.29) is 27.6 Å². The second-order valence-electron chi connectivity index (χ2n) is 7.63. The highest BCUT2D eigenvalue weighted by Gasteiger charge is 2.27. The predicted molar refractivity (Wildman–Crippen MR) is 129 cm³/mol. The van der Waals surface area contributed by atoms with Crippen LogP contribution in [0.1, 0.15) is 29.5 Å². The molecule has 31 heavy (non-hydrogen) atoms. The molecule has 1 atom stereocenters. The lowest BCUT2D eigenvalue weighted by atomic mass is 9.92. The quantitative estimate of drug-likeness (QED) is 0.385. The molecule has 4 rings (SSSR count). The fourth-order valence-corrected chi connectivity index (χ4v) is 6.45. The molecule has 1 unspecified atom stereocenters. The average molecular weight is 548 g/mol. The molecule has 8 heteroatoms. The Morgan fingerprint density at radius 3 is 2.26 bits per heavy atom. The second-order valence-corrected chi connectivity index (χ2v) is 10.5. The SMILES string of the molecule is Cc1ccc(S(=O)(=O)n2c(I)cc3c(C(C)c4ccc(O)cc4)cn(C)c(=O)c32)cc1. The minimum absolute atomic E-state index is 0.122. The smallest absolute Gasteiger partial charge is 0.275 e. The van der Waals surface area contributed by atoms with Crippen LogP contribution < -0.4 is 5.56 Å². The van der Waals surface area contributed by atoms with Crippen LogP contribution in [0, 0.1) is 10.6 Å². The molecule has 2 heterocycles. The van der Waals surface area contributed by atoms with Crippen molar-refractivity contribution in [2.45, 2.75) is 24.7 Å². The summed E-state index contributed by atoms with van der Waals surface area (Å²) in [6, 6.07) is 15.2. The van der Waals surface area contributed by atoms with Crippen molar-refractivity contribution in [2.75, 3.05) is 0 Å². The van der Waals surface area contributed by atoms with E-state index in [0.29, 0.717) is 9.09 Å². The zero-order chi connectivity index (χ0) is 22.5. The normalized spacial score (nSPS) is 12.9. The summed E-state index contributed by atoms with van der Waals surface area (Å²) in [7, 11) is -2.34. The van der Waals surface area contributed by atoms with Gasteiger partial charge in [-0.05, 0) is 71.0 Å². The summed E-state index contributed by atoms with van der Waals surface area (Å²) in [6.07, 6.45) is 1.75. The Labute approximate surface area is 194 Å². The third kappa shape index (κ3) is 3.67. The van der Waals surface area contributed by atoms with Crippen LogP contribution >= 0.6 is 22.6 Å². The molecule has 0 aliphatic rings. The maximum absolute atomic E-state index is 13.5. The third-order valence-corrected chi connectivity index (χ3v) is 8.35. The van der Waals surface area contributed by atoms with Crippen molar-refractivity contribution in [3.8, 4) is 5.75 Å². The van der Waals surface area contributed by atoms with E-state index < -0.39 is 10.0 Å². The van der Waals surface area contributed by atoms with Gasteiger partial charge in [0, 0.05) is 24.5 Å². The van der Waals surface area contributed by atoms with Gasteiger partial charge in [0.05, 0.1) is 8.60 Å². The van der Waals surface area contributed by atoms with Crippen molar-refractivity contribution in [1.82, 2.24) is 8.54 Å². The number of aromatic nitrogens is 2. The summed E-state index contributed by atoms with van der Waals surface area (Å²) >= 11 is 1.96. The van der Waals surface area contributed by atoms with Crippen LogP contribution in [0.4, 0.5) is 0 Å². The lowest BCUT2D eigenvalue weighted by molar-refractivity contribution is 0.475. The van der Waals surface area contributed by atoms with Gasteiger partial charge in [0.2, 0.25) is 0 Å². The molecule has 0 aliphatic heterocycles. The Hall–Kier alpha value is -2.59. The van der Waals surface area contributed by atoms with Gasteiger partial charge >= 0.3 is 0 Å². The molecule has 0 amide bonds. The second kappa shape index (κ2) is 7.83. The molecule has 1 N–H and O–H groups in total. The number of aryl methyl sites for hydroxylation is 2. The zero-order valence-electron chi connectivity index (χ0n) is 17.2. The van der Waals surface area contributed by atoms with Gasteiger partial charge in [-0.25, -0.2) is 12.4 Å². The highest BCUT2D eigenvalue weighted by molar-refractivity contribution is 14.1. The van der Waals surface area contributed by atoms with Crippen LogP contribution in [0.25, 0.3) is 10.9 Å². The number of rotatable bonds is 4. The molecular weight excluding hydrogens is 527 g/mol. The Bertz CT molecular complexity index is 1450. The number of hydrogen-bond donors (Lipinski definition) is 1. The number of aromatic hydroxyl groups is 1. The van der Waals surface area contributed by atoms with Crippen LogP contribution in [-0.2, 0) is 17.1 Å². The van der Waals surface area contributed by atoms with Gasteiger partial charge in [-0.15, -0.1) is 0 Å². The van der Waals surface area contributed by atoms with Crippen molar-refractivity contribution < 1.29 is 13.5 Å². The highest BCUT2D eigenvalue weighted by Crippen LogP contribution is 2.33. The maximum atomic E-state index is 13.5. The van der Waals surface area contributed by atoms with E-state index in [2.05, 4.69) is 0 Å². The molecule has 0 fully saturated rings. The Morgan fingerprint density at radius 1 is 1.03 bits per heavy atom. The first-order valence-corrected chi connectivity index (χ1v) is 12.1. The van der Waals surface area contributed by atoms with Gasteiger partial charge in [0.1, 0.15) is 11.3 Å². The van der Waals surface area contributed by atoms with E-state index in [1.54, 1.807) is 55.7 Å². The lowest BCUT2D eigenvalue weighted by Gasteiger charge is -2.16. The van der Waals surface area contributed by atoms with E-state index in [1.165, 1.54) is 4.57 Å². The number of halogens is 1. The summed E-state index contributed by atoms with van der Waals surface area (Å²) in [5, 5.41) is 10.2. The minimum atomic E-state index is -3.96. The summed E-state index contributed by atoms with van der Waals surface area (Å²) in [6.45, 7) is 3.88. The standard InChI is InChI=1S/C23H21IN2O4S/c1-14-4-10-18(11-5-14)31(29,30)26-21(24)12-19-20(13-25(3)23(28)22(19)26)15(2)16-6-8-17(27)9-7-16/h4-13,15,27H,1-3H3. The van der Waals surface area contributed by atoms with E-state index in [1.807, 2.05) is 48.6 Å². The fourth-order valence-electron chi connectivity index (χ4n) is 3.73. The zero-order valence-corrected chi connectivity index (χ0v) is 20.2. The molecule has 2 aromatic carbocycles. The van der Waals surface area contributed by atoms with Crippen LogP contribution in [0.3, 0.4) is 0 Å². The van der Waals surface area contributed by atoms with Crippen LogP contribution in [0.5, 0.6) is 5.75 Å². The lowest BCUT2D eigenvalue weighted by Crippen LogP contribution is -2.24. The fraction of sp³-hybridized carbons (Fsp3) is 0.174. The van der Waals surface area contributed by atoms with Crippen LogP contribution in [0.2, 0.25) is 0 Å². The molecule has 6 nitrogen and oxygen atoms in total. The molecule has 0 saturated heterocycles. The Kier molecular flexibility index (Phi) is 5.47. The van der Waals surface area contributed by atoms with Gasteiger partial charge in [0.25, 0.3) is 15.6 Å². The molecule has 160 valence electrons. The van der Waals surface area contributed by atoms with Gasteiger partial charge in [-0.2, -0.15) is 0 Å². The first-order valence-electron chi connectivity index (χ1n) is 9.63. The maximum Gasteiger partial charge on any atom is 0.275 e. The summed E-state index contributed by atoms with van der Waals surface area (Å²) in [5.41, 5.74) is 2.48. The minimum Gasteiger partial charge on any atom is -0.508 e. The van der Waals surface area contributed by atoms with Crippen molar-refractivity contribution in [2.24, 2.45) is 7.05 Å². The number of nitrogens with zero attached hydrogens (tertiary/aromatic N) is 2. The molecule has 0 radical (unpaired) electrons. The van der Waals surface area contributed by atoms with Gasteiger partial charge in [-0.1, -0.05) is 36.8 Å². The summed E-state index contributed by atoms with van der Waals surface area (Å²) < 4.78 is 30.0. The van der Waals surface area contributed by atoms with E-state index in [4.69, 9.17) is 0 Å². The van der Waals surface area contributed by atoms with Gasteiger partial charge in [-0.3, -0.25) is 4.79 Å². The molecule has 0 aliphatic carbocycles. The molecule has 4 aromatic rings. The van der Waals surface area contributed by atoms with Crippen molar-refractivity contribution in [3.63, 3.8) is 0 Å². The van der Waals surface area contributed by atoms with E-state index in [9.17, 15) is 18.3 Å². The number of hydrogen-bond acceptors (Lipinski definition) is 4. The number of phenols is 1. The van der Waals surface area contributed by atoms with Crippen molar-refractivity contribution in [3.05, 3.63) is 91.5 Å². The Balaban J connectivity index is 2.00. The molecular formula is C23H21IN2O4S. The van der Waals surface area contributed by atoms with Crippen LogP contribution in [0.15, 0.2) is 70.5 Å². The largest absolute Gasteiger partial charge is 0.508 e. The first-order chi connectivity index (χ1) is 14.6. The monoisotopic (exact) mass is 548 g/mol. The Morgan fingerprint density at radius 2 is 1.65 bits per heavy atom. The van der Waals surface area contributed by atoms with Gasteiger partial charge in [0.15, 0.2) is 0 Å². The average Bonchev–Trinajstić information content (AvgIpc) is 3.09. The highest BCUT2D eigenvalue weighted by atomic mass is 127. The van der Waals surface area contributed by atoms with E-state index >= 15 is 0 Å². The molecule has 2 aromatic heterocycles. The van der Waals surface area contributed by atoms with Crippen LogP contribution in [-0.4, -0.2) is 22.1 Å². The topological polar surface area (TPSA) is 81.3 Å². The molecule has 0 saturated carbocycles. The predicted octanol–water partition coefficient (Wildman–Crippen LogP) is 4.35. The molecule has 0 bridgehead atoms. The van der Waals surface area contributed by atoms with Gasteiger partial charge < -0.3 is 9.67 Å². The van der Waals surface area contributed by atoms with E-state index in [0.717, 1.165) is 20.7 Å². The molecule has 0 spiro atoms. The number of benzene rings is 2. The number of phenolic OH excluding ortho intramolecular Hbond substituents is 1.